The maximum atomic E-state index is 13.1. The number of fused-ring (bicyclic) bond motifs is 2. The van der Waals surface area contributed by atoms with Gasteiger partial charge in [0.15, 0.2) is 0 Å². The lowest BCUT2D eigenvalue weighted by Gasteiger charge is -2.34. The third kappa shape index (κ3) is 3.14. The molecule has 140 valence electrons. The van der Waals surface area contributed by atoms with E-state index in [0.29, 0.717) is 0 Å². The van der Waals surface area contributed by atoms with E-state index in [4.69, 9.17) is 0 Å². The summed E-state index contributed by atoms with van der Waals surface area (Å²) in [5.41, 5.74) is 2.98. The van der Waals surface area contributed by atoms with Crippen LogP contribution in [0.25, 0.3) is 16.3 Å². The fourth-order valence-electron chi connectivity index (χ4n) is 3.99. The molecule has 1 aliphatic rings. The van der Waals surface area contributed by atoms with E-state index < -0.39 is 0 Å². The van der Waals surface area contributed by atoms with Gasteiger partial charge in [-0.05, 0) is 35.0 Å². The molecule has 0 saturated carbocycles. The Morgan fingerprint density at radius 2 is 1.68 bits per heavy atom. The van der Waals surface area contributed by atoms with Gasteiger partial charge in [-0.1, -0.05) is 42.5 Å². The monoisotopic (exact) mass is 370 g/mol. The van der Waals surface area contributed by atoms with E-state index in [0.717, 1.165) is 60.3 Å². The molecule has 4 aromatic rings. The number of carbonyl (C=O) groups excluding carboxylic acids is 1. The van der Waals surface area contributed by atoms with Crippen LogP contribution in [0.15, 0.2) is 72.9 Å². The second-order valence-corrected chi connectivity index (χ2v) is 7.30. The van der Waals surface area contributed by atoms with Crippen LogP contribution in [-0.2, 0) is 6.54 Å². The zero-order valence-corrected chi connectivity index (χ0v) is 15.7. The second-order valence-electron chi connectivity index (χ2n) is 7.30. The summed E-state index contributed by atoms with van der Waals surface area (Å²) in [6.45, 7) is 4.04. The maximum Gasteiger partial charge on any atom is 0.254 e. The average Bonchev–Trinajstić information content (AvgIpc) is 3.16. The number of amides is 1. The van der Waals surface area contributed by atoms with Crippen molar-refractivity contribution < 1.29 is 4.79 Å². The van der Waals surface area contributed by atoms with Crippen molar-refractivity contribution >= 4 is 22.2 Å². The first-order valence-corrected chi connectivity index (χ1v) is 9.71. The highest BCUT2D eigenvalue weighted by atomic mass is 16.2. The van der Waals surface area contributed by atoms with Crippen LogP contribution in [0.3, 0.4) is 0 Å². The molecule has 0 atom stereocenters. The predicted molar refractivity (Wildman–Crippen MR) is 110 cm³/mol. The lowest BCUT2D eigenvalue weighted by atomic mass is 10.0. The molecule has 1 aliphatic heterocycles. The lowest BCUT2D eigenvalue weighted by Crippen LogP contribution is -2.48. The first-order valence-electron chi connectivity index (χ1n) is 9.71. The number of carbonyl (C=O) groups is 1. The topological polar surface area (TPSA) is 40.9 Å². The largest absolute Gasteiger partial charge is 0.336 e. The van der Waals surface area contributed by atoms with Crippen LogP contribution < -0.4 is 0 Å². The van der Waals surface area contributed by atoms with Gasteiger partial charge in [0.25, 0.3) is 5.91 Å². The quantitative estimate of drug-likeness (QED) is 0.555. The second kappa shape index (κ2) is 7.09. The molecule has 0 radical (unpaired) electrons. The lowest BCUT2D eigenvalue weighted by molar-refractivity contribution is 0.0629. The molecule has 0 unspecified atom stereocenters. The summed E-state index contributed by atoms with van der Waals surface area (Å²) in [5, 5.41) is 6.78. The van der Waals surface area contributed by atoms with Crippen molar-refractivity contribution in [2.75, 3.05) is 26.2 Å². The zero-order chi connectivity index (χ0) is 18.9. The Kier molecular flexibility index (Phi) is 4.29. The van der Waals surface area contributed by atoms with Crippen molar-refractivity contribution in [2.24, 2.45) is 0 Å². The van der Waals surface area contributed by atoms with Gasteiger partial charge in [-0.2, -0.15) is 5.10 Å². The highest BCUT2D eigenvalue weighted by Crippen LogP contribution is 2.21. The molecule has 0 bridgehead atoms. The Bertz CT molecular complexity index is 1100. The highest BCUT2D eigenvalue weighted by molar-refractivity contribution is 6.07. The standard InChI is InChI=1S/C23H22N4O/c28-23(22-10-5-7-18-6-1-2-9-21(18)22)26-14-12-25(13-15-26)17-19-16-20-8-3-4-11-27(20)24-19/h1-11,16H,12-15,17H2. The molecule has 28 heavy (non-hydrogen) atoms. The molecule has 2 aromatic carbocycles. The predicted octanol–water partition coefficient (Wildman–Crippen LogP) is 3.45. The van der Waals surface area contributed by atoms with Crippen LogP contribution in [0.1, 0.15) is 16.1 Å². The molecule has 1 saturated heterocycles. The molecule has 3 heterocycles. The number of rotatable bonds is 3. The fourth-order valence-corrected chi connectivity index (χ4v) is 3.99. The van der Waals surface area contributed by atoms with Crippen molar-refractivity contribution in [2.45, 2.75) is 6.54 Å². The summed E-state index contributed by atoms with van der Waals surface area (Å²) in [6.07, 6.45) is 1.97. The van der Waals surface area contributed by atoms with Crippen LogP contribution in [0.5, 0.6) is 0 Å². The van der Waals surface area contributed by atoms with Gasteiger partial charge in [-0.25, -0.2) is 4.52 Å². The Morgan fingerprint density at radius 1 is 0.893 bits per heavy atom. The van der Waals surface area contributed by atoms with Gasteiger partial charge in [0.1, 0.15) is 0 Å². The molecule has 1 amide bonds. The smallest absolute Gasteiger partial charge is 0.254 e. The third-order valence-corrected chi connectivity index (χ3v) is 5.49. The van der Waals surface area contributed by atoms with E-state index in [-0.39, 0.29) is 5.91 Å². The summed E-state index contributed by atoms with van der Waals surface area (Å²) in [7, 11) is 0. The molecule has 0 aliphatic carbocycles. The zero-order valence-electron chi connectivity index (χ0n) is 15.7. The van der Waals surface area contributed by atoms with Gasteiger partial charge in [0.05, 0.1) is 11.2 Å². The summed E-state index contributed by atoms with van der Waals surface area (Å²) in [6, 6.07) is 22.3. The van der Waals surface area contributed by atoms with Crippen molar-refractivity contribution in [3.63, 3.8) is 0 Å². The van der Waals surface area contributed by atoms with E-state index >= 15 is 0 Å². The van der Waals surface area contributed by atoms with E-state index in [1.165, 1.54) is 0 Å². The van der Waals surface area contributed by atoms with Gasteiger partial charge in [0, 0.05) is 44.5 Å². The summed E-state index contributed by atoms with van der Waals surface area (Å²) in [4.78, 5) is 17.4. The molecule has 5 nitrogen and oxygen atoms in total. The molecular weight excluding hydrogens is 348 g/mol. The molecule has 0 spiro atoms. The number of hydrogen-bond donors (Lipinski definition) is 0. The molecule has 1 fully saturated rings. The fraction of sp³-hybridized carbons (Fsp3) is 0.217. The van der Waals surface area contributed by atoms with Crippen LogP contribution in [0.4, 0.5) is 0 Å². The van der Waals surface area contributed by atoms with Gasteiger partial charge < -0.3 is 4.90 Å². The third-order valence-electron chi connectivity index (χ3n) is 5.49. The average molecular weight is 370 g/mol. The first-order chi connectivity index (χ1) is 13.8. The van der Waals surface area contributed by atoms with E-state index in [2.05, 4.69) is 34.3 Å². The Balaban J connectivity index is 1.27. The minimum Gasteiger partial charge on any atom is -0.336 e. The van der Waals surface area contributed by atoms with E-state index in [1.807, 2.05) is 58.1 Å². The van der Waals surface area contributed by atoms with E-state index in [9.17, 15) is 4.79 Å². The Hall–Kier alpha value is -3.18. The normalized spacial score (nSPS) is 15.4. The minimum atomic E-state index is 0.129. The van der Waals surface area contributed by atoms with Crippen molar-refractivity contribution in [1.29, 1.82) is 0 Å². The van der Waals surface area contributed by atoms with Crippen molar-refractivity contribution in [3.05, 3.63) is 84.2 Å². The SMILES string of the molecule is O=C(c1cccc2ccccc12)N1CCN(Cc2cc3ccccn3n2)CC1. The summed E-state index contributed by atoms with van der Waals surface area (Å²) < 4.78 is 1.91. The minimum absolute atomic E-state index is 0.129. The summed E-state index contributed by atoms with van der Waals surface area (Å²) >= 11 is 0. The van der Waals surface area contributed by atoms with Gasteiger partial charge >= 0.3 is 0 Å². The Labute approximate surface area is 163 Å². The number of hydrogen-bond acceptors (Lipinski definition) is 3. The van der Waals surface area contributed by atoms with Gasteiger partial charge in [-0.3, -0.25) is 9.69 Å². The van der Waals surface area contributed by atoms with E-state index in [1.54, 1.807) is 0 Å². The van der Waals surface area contributed by atoms with Gasteiger partial charge in [-0.15, -0.1) is 0 Å². The first kappa shape index (κ1) is 17.0. The van der Waals surface area contributed by atoms with Crippen LogP contribution in [0.2, 0.25) is 0 Å². The van der Waals surface area contributed by atoms with Gasteiger partial charge in [0.2, 0.25) is 0 Å². The summed E-state index contributed by atoms with van der Waals surface area (Å²) in [5.74, 6) is 0.129. The molecule has 5 rings (SSSR count). The number of pyridine rings is 1. The van der Waals surface area contributed by atoms with Crippen LogP contribution in [0, 0.1) is 0 Å². The number of aromatic nitrogens is 2. The molecule has 2 aromatic heterocycles. The van der Waals surface area contributed by atoms with Crippen molar-refractivity contribution in [1.82, 2.24) is 19.4 Å². The van der Waals surface area contributed by atoms with Crippen LogP contribution >= 0.6 is 0 Å². The number of benzene rings is 2. The molecule has 5 heteroatoms. The van der Waals surface area contributed by atoms with Crippen molar-refractivity contribution in [3.8, 4) is 0 Å². The number of piperazine rings is 1. The molecular formula is C23H22N4O. The van der Waals surface area contributed by atoms with Crippen LogP contribution in [-0.4, -0.2) is 51.5 Å². The molecule has 0 N–H and O–H groups in total. The Morgan fingerprint density at radius 3 is 2.54 bits per heavy atom. The number of nitrogens with zero attached hydrogens (tertiary/aromatic N) is 4. The maximum absolute atomic E-state index is 13.1. The highest BCUT2D eigenvalue weighted by Gasteiger charge is 2.23.